The maximum absolute atomic E-state index is 10.4. The summed E-state index contributed by atoms with van der Waals surface area (Å²) in [5, 5.41) is 0. The van der Waals surface area contributed by atoms with Gasteiger partial charge in [-0.05, 0) is 32.3 Å². The standard InChI is InChI=1S/C10H16O/c1-3-4-5-6-7-8-9-10(2)11/h4-5,8-9H,3,6-7H2,1-2H3. The van der Waals surface area contributed by atoms with E-state index in [1.54, 1.807) is 13.0 Å². The molecule has 1 heteroatoms. The highest BCUT2D eigenvalue weighted by Gasteiger charge is 1.80. The maximum atomic E-state index is 10.4. The van der Waals surface area contributed by atoms with Gasteiger partial charge in [0.1, 0.15) is 0 Å². The van der Waals surface area contributed by atoms with Crippen LogP contribution in [0.25, 0.3) is 0 Å². The number of hydrogen-bond acceptors (Lipinski definition) is 1. The van der Waals surface area contributed by atoms with E-state index in [9.17, 15) is 4.79 Å². The molecule has 0 spiro atoms. The highest BCUT2D eigenvalue weighted by molar-refractivity contribution is 5.87. The number of rotatable bonds is 5. The van der Waals surface area contributed by atoms with Crippen molar-refractivity contribution in [3.8, 4) is 0 Å². The van der Waals surface area contributed by atoms with E-state index in [-0.39, 0.29) is 5.78 Å². The second-order valence-corrected chi connectivity index (χ2v) is 2.47. The smallest absolute Gasteiger partial charge is 0.152 e. The molecular formula is C10H16O. The molecule has 62 valence electrons. The lowest BCUT2D eigenvalue weighted by Gasteiger charge is -1.84. The second kappa shape index (κ2) is 7.26. The van der Waals surface area contributed by atoms with Crippen molar-refractivity contribution in [2.45, 2.75) is 33.1 Å². The molecule has 0 aromatic carbocycles. The van der Waals surface area contributed by atoms with Gasteiger partial charge in [-0.15, -0.1) is 0 Å². The Balaban J connectivity index is 3.27. The van der Waals surface area contributed by atoms with Crippen LogP contribution in [-0.4, -0.2) is 5.78 Å². The minimum Gasteiger partial charge on any atom is -0.295 e. The van der Waals surface area contributed by atoms with Crippen LogP contribution in [0.5, 0.6) is 0 Å². The molecule has 11 heavy (non-hydrogen) atoms. The van der Waals surface area contributed by atoms with Gasteiger partial charge in [-0.3, -0.25) is 4.79 Å². The van der Waals surface area contributed by atoms with Gasteiger partial charge in [0, 0.05) is 0 Å². The van der Waals surface area contributed by atoms with Crippen LogP contribution >= 0.6 is 0 Å². The fraction of sp³-hybridized carbons (Fsp3) is 0.500. The SMILES string of the molecule is CCC=CCCC=CC(C)=O. The van der Waals surface area contributed by atoms with Gasteiger partial charge < -0.3 is 0 Å². The van der Waals surface area contributed by atoms with Crippen molar-refractivity contribution in [1.29, 1.82) is 0 Å². The molecule has 0 aliphatic heterocycles. The third kappa shape index (κ3) is 9.15. The van der Waals surface area contributed by atoms with E-state index in [0.29, 0.717) is 0 Å². The average molecular weight is 152 g/mol. The van der Waals surface area contributed by atoms with Crippen molar-refractivity contribution in [2.24, 2.45) is 0 Å². The van der Waals surface area contributed by atoms with E-state index >= 15 is 0 Å². The molecule has 0 bridgehead atoms. The van der Waals surface area contributed by atoms with Crippen molar-refractivity contribution in [3.63, 3.8) is 0 Å². The monoisotopic (exact) mass is 152 g/mol. The molecule has 0 saturated carbocycles. The molecule has 0 rings (SSSR count). The fourth-order valence-corrected chi connectivity index (χ4v) is 0.726. The number of hydrogen-bond donors (Lipinski definition) is 0. The first-order chi connectivity index (χ1) is 5.27. The lowest BCUT2D eigenvalue weighted by molar-refractivity contribution is -0.112. The third-order valence-corrected chi connectivity index (χ3v) is 1.25. The molecule has 0 atom stereocenters. The van der Waals surface area contributed by atoms with Crippen molar-refractivity contribution < 1.29 is 4.79 Å². The molecule has 0 aliphatic carbocycles. The van der Waals surface area contributed by atoms with Crippen LogP contribution in [0.3, 0.4) is 0 Å². The van der Waals surface area contributed by atoms with E-state index in [1.807, 2.05) is 6.08 Å². The highest BCUT2D eigenvalue weighted by atomic mass is 16.1. The normalized spacial score (nSPS) is 11.5. The first-order valence-electron chi connectivity index (χ1n) is 4.09. The molecule has 0 fully saturated rings. The van der Waals surface area contributed by atoms with Crippen molar-refractivity contribution in [2.75, 3.05) is 0 Å². The van der Waals surface area contributed by atoms with Crippen LogP contribution < -0.4 is 0 Å². The molecule has 0 aromatic heterocycles. The van der Waals surface area contributed by atoms with Crippen LogP contribution in [0, 0.1) is 0 Å². The molecule has 0 N–H and O–H groups in total. The summed E-state index contributed by atoms with van der Waals surface area (Å²) in [5.41, 5.74) is 0. The van der Waals surface area contributed by atoms with Crippen LogP contribution in [0.2, 0.25) is 0 Å². The lowest BCUT2D eigenvalue weighted by atomic mass is 10.2. The van der Waals surface area contributed by atoms with Crippen molar-refractivity contribution in [3.05, 3.63) is 24.3 Å². The zero-order chi connectivity index (χ0) is 8.53. The van der Waals surface area contributed by atoms with Gasteiger partial charge in [0.25, 0.3) is 0 Å². The van der Waals surface area contributed by atoms with E-state index in [4.69, 9.17) is 0 Å². The Kier molecular flexibility index (Phi) is 6.70. The molecule has 0 radical (unpaired) electrons. The summed E-state index contributed by atoms with van der Waals surface area (Å²) in [5.74, 6) is 0.129. The molecule has 0 aromatic rings. The summed E-state index contributed by atoms with van der Waals surface area (Å²) in [6.07, 6.45) is 10.9. The highest BCUT2D eigenvalue weighted by Crippen LogP contribution is 1.93. The number of ketones is 1. The molecule has 0 amide bonds. The first kappa shape index (κ1) is 10.2. The summed E-state index contributed by atoms with van der Waals surface area (Å²) in [4.78, 5) is 10.4. The predicted octanol–water partition coefficient (Wildman–Crippen LogP) is 2.88. The first-order valence-corrected chi connectivity index (χ1v) is 4.09. The minimum absolute atomic E-state index is 0.129. The van der Waals surface area contributed by atoms with E-state index in [1.165, 1.54) is 0 Å². The Morgan fingerprint density at radius 1 is 1.18 bits per heavy atom. The summed E-state index contributed by atoms with van der Waals surface area (Å²) >= 11 is 0. The molecule has 0 heterocycles. The summed E-state index contributed by atoms with van der Waals surface area (Å²) in [7, 11) is 0. The average Bonchev–Trinajstić information content (AvgIpc) is 1.96. The van der Waals surface area contributed by atoms with Gasteiger partial charge in [0.05, 0.1) is 0 Å². The molecular weight excluding hydrogens is 136 g/mol. The minimum atomic E-state index is 0.129. The zero-order valence-corrected chi connectivity index (χ0v) is 7.34. The lowest BCUT2D eigenvalue weighted by Crippen LogP contribution is -1.78. The Morgan fingerprint density at radius 3 is 2.36 bits per heavy atom. The van der Waals surface area contributed by atoms with E-state index < -0.39 is 0 Å². The quantitative estimate of drug-likeness (QED) is 0.336. The van der Waals surface area contributed by atoms with Gasteiger partial charge in [-0.25, -0.2) is 0 Å². The summed E-state index contributed by atoms with van der Waals surface area (Å²) < 4.78 is 0. The van der Waals surface area contributed by atoms with E-state index in [0.717, 1.165) is 19.3 Å². The Bertz CT molecular complexity index is 154. The van der Waals surface area contributed by atoms with Crippen LogP contribution in [-0.2, 0) is 4.79 Å². The molecule has 0 aliphatic rings. The number of allylic oxidation sites excluding steroid dienone is 4. The van der Waals surface area contributed by atoms with Crippen LogP contribution in [0.1, 0.15) is 33.1 Å². The largest absolute Gasteiger partial charge is 0.295 e. The molecule has 0 unspecified atom stereocenters. The second-order valence-electron chi connectivity index (χ2n) is 2.47. The number of carbonyl (C=O) groups excluding carboxylic acids is 1. The van der Waals surface area contributed by atoms with Gasteiger partial charge in [0.15, 0.2) is 5.78 Å². The van der Waals surface area contributed by atoms with Gasteiger partial charge >= 0.3 is 0 Å². The Hall–Kier alpha value is -0.850. The topological polar surface area (TPSA) is 17.1 Å². The van der Waals surface area contributed by atoms with Gasteiger partial charge in [-0.1, -0.05) is 25.2 Å². The molecule has 0 saturated heterocycles. The summed E-state index contributed by atoms with van der Waals surface area (Å²) in [6, 6.07) is 0. The van der Waals surface area contributed by atoms with Crippen molar-refractivity contribution >= 4 is 5.78 Å². The van der Waals surface area contributed by atoms with Crippen LogP contribution in [0.15, 0.2) is 24.3 Å². The van der Waals surface area contributed by atoms with Crippen molar-refractivity contribution in [1.82, 2.24) is 0 Å². The maximum Gasteiger partial charge on any atom is 0.152 e. The number of unbranched alkanes of at least 4 members (excludes halogenated alkanes) is 1. The Morgan fingerprint density at radius 2 is 1.82 bits per heavy atom. The van der Waals surface area contributed by atoms with Gasteiger partial charge in [-0.2, -0.15) is 0 Å². The third-order valence-electron chi connectivity index (χ3n) is 1.25. The fourth-order valence-electron chi connectivity index (χ4n) is 0.726. The Labute approximate surface area is 68.8 Å². The predicted molar refractivity (Wildman–Crippen MR) is 48.5 cm³/mol. The van der Waals surface area contributed by atoms with Crippen LogP contribution in [0.4, 0.5) is 0 Å². The molecule has 1 nitrogen and oxygen atoms in total. The summed E-state index contributed by atoms with van der Waals surface area (Å²) in [6.45, 7) is 3.68. The zero-order valence-electron chi connectivity index (χ0n) is 7.34. The van der Waals surface area contributed by atoms with Gasteiger partial charge in [0.2, 0.25) is 0 Å². The number of carbonyl (C=O) groups is 1. The van der Waals surface area contributed by atoms with E-state index in [2.05, 4.69) is 19.1 Å².